The Balaban J connectivity index is 2.20. The molecule has 1 aliphatic heterocycles. The number of aliphatic hydroxyl groups excluding tert-OH is 1. The van der Waals surface area contributed by atoms with Gasteiger partial charge in [0.25, 0.3) is 5.91 Å². The van der Waals surface area contributed by atoms with Crippen LogP contribution in [0.3, 0.4) is 0 Å². The molecule has 0 saturated carbocycles. The highest BCUT2D eigenvalue weighted by Gasteiger charge is 2.25. The molecule has 20 heavy (non-hydrogen) atoms. The first-order chi connectivity index (χ1) is 9.76. The average Bonchev–Trinajstić information content (AvgIpc) is 2.52. The lowest BCUT2D eigenvalue weighted by Crippen LogP contribution is -2.43. The van der Waals surface area contributed by atoms with Gasteiger partial charge in [-0.1, -0.05) is 11.8 Å². The van der Waals surface area contributed by atoms with Crippen LogP contribution in [-0.4, -0.2) is 53.8 Å². The number of rotatable bonds is 2. The van der Waals surface area contributed by atoms with Crippen LogP contribution in [0.4, 0.5) is 0 Å². The summed E-state index contributed by atoms with van der Waals surface area (Å²) in [6.45, 7) is 1.09. The monoisotopic (exact) mass is 274 g/mol. The van der Waals surface area contributed by atoms with E-state index in [0.29, 0.717) is 17.7 Å². The molecule has 2 rings (SSSR count). The van der Waals surface area contributed by atoms with Gasteiger partial charge >= 0.3 is 0 Å². The zero-order valence-electron chi connectivity index (χ0n) is 11.5. The number of likely N-dealkylation sites (tertiary alicyclic amines) is 1. The molecule has 106 valence electrons. The van der Waals surface area contributed by atoms with Crippen LogP contribution < -0.4 is 0 Å². The molecule has 0 radical (unpaired) electrons. The summed E-state index contributed by atoms with van der Waals surface area (Å²) in [5.41, 5.74) is 1.07. The molecule has 1 amide bonds. The molecule has 5 heteroatoms. The van der Waals surface area contributed by atoms with Crippen LogP contribution in [0.2, 0.25) is 0 Å². The van der Waals surface area contributed by atoms with Gasteiger partial charge in [0.05, 0.1) is 17.2 Å². The van der Waals surface area contributed by atoms with E-state index in [1.165, 1.54) is 0 Å². The first-order valence-electron chi connectivity index (χ1n) is 6.62. The van der Waals surface area contributed by atoms with E-state index in [4.69, 9.17) is 9.84 Å². The molecule has 0 aliphatic carbocycles. The Labute approximate surface area is 118 Å². The SMILES string of the molecule is COC1CCCN(C(=O)c2ccncc2C#CCO)C1. The summed E-state index contributed by atoms with van der Waals surface area (Å²) in [6, 6.07) is 1.67. The number of pyridine rings is 1. The molecule has 5 nitrogen and oxygen atoms in total. The molecule has 0 aromatic carbocycles. The third-order valence-corrected chi connectivity index (χ3v) is 3.35. The van der Waals surface area contributed by atoms with Gasteiger partial charge in [0.15, 0.2) is 0 Å². The number of hydrogen-bond donors (Lipinski definition) is 1. The summed E-state index contributed by atoms with van der Waals surface area (Å²) in [6.07, 6.45) is 5.14. The number of piperidine rings is 1. The molecule has 1 aromatic rings. The molecule has 1 atom stereocenters. The van der Waals surface area contributed by atoms with Crippen LogP contribution in [-0.2, 0) is 4.74 Å². The Bertz CT molecular complexity index is 533. The minimum absolute atomic E-state index is 0.0589. The van der Waals surface area contributed by atoms with E-state index in [1.807, 2.05) is 0 Å². The second-order valence-corrected chi connectivity index (χ2v) is 4.63. The van der Waals surface area contributed by atoms with Gasteiger partial charge in [-0.2, -0.15) is 0 Å². The molecule has 1 N–H and O–H groups in total. The fraction of sp³-hybridized carbons (Fsp3) is 0.467. The van der Waals surface area contributed by atoms with Crippen molar-refractivity contribution in [3.63, 3.8) is 0 Å². The van der Waals surface area contributed by atoms with E-state index in [-0.39, 0.29) is 18.6 Å². The number of carbonyl (C=O) groups excluding carboxylic acids is 1. The van der Waals surface area contributed by atoms with Gasteiger partial charge in [-0.15, -0.1) is 0 Å². The second-order valence-electron chi connectivity index (χ2n) is 4.63. The van der Waals surface area contributed by atoms with Gasteiger partial charge in [-0.3, -0.25) is 9.78 Å². The molecule has 1 saturated heterocycles. The predicted octanol–water partition coefficient (Wildman–Crippen LogP) is 0.676. The number of ether oxygens (including phenoxy) is 1. The second kappa shape index (κ2) is 7.04. The molecule has 2 heterocycles. The molecule has 1 fully saturated rings. The topological polar surface area (TPSA) is 62.7 Å². The van der Waals surface area contributed by atoms with E-state index in [1.54, 1.807) is 30.5 Å². The maximum absolute atomic E-state index is 12.6. The zero-order valence-corrected chi connectivity index (χ0v) is 11.5. The summed E-state index contributed by atoms with van der Waals surface area (Å²) >= 11 is 0. The summed E-state index contributed by atoms with van der Waals surface area (Å²) in [4.78, 5) is 18.3. The third kappa shape index (κ3) is 3.35. The fourth-order valence-electron chi connectivity index (χ4n) is 2.30. The van der Waals surface area contributed by atoms with Crippen molar-refractivity contribution in [2.75, 3.05) is 26.8 Å². The molecular formula is C15H18N2O3. The van der Waals surface area contributed by atoms with Crippen molar-refractivity contribution in [1.29, 1.82) is 0 Å². The molecule has 1 aromatic heterocycles. The number of nitrogens with zero attached hydrogens (tertiary/aromatic N) is 2. The highest BCUT2D eigenvalue weighted by atomic mass is 16.5. The highest BCUT2D eigenvalue weighted by Crippen LogP contribution is 2.17. The van der Waals surface area contributed by atoms with Gasteiger partial charge in [0.2, 0.25) is 0 Å². The summed E-state index contributed by atoms with van der Waals surface area (Å²) in [7, 11) is 1.67. The first-order valence-corrected chi connectivity index (χ1v) is 6.62. The van der Waals surface area contributed by atoms with Crippen molar-refractivity contribution < 1.29 is 14.6 Å². The Kier molecular flexibility index (Phi) is 5.10. The van der Waals surface area contributed by atoms with Gasteiger partial charge in [0, 0.05) is 32.6 Å². The Morgan fingerprint density at radius 1 is 1.65 bits per heavy atom. The van der Waals surface area contributed by atoms with Crippen LogP contribution in [0, 0.1) is 11.8 Å². The lowest BCUT2D eigenvalue weighted by atomic mass is 10.0. The maximum atomic E-state index is 12.6. The van der Waals surface area contributed by atoms with Crippen LogP contribution in [0.5, 0.6) is 0 Å². The van der Waals surface area contributed by atoms with Gasteiger partial charge < -0.3 is 14.7 Å². The predicted molar refractivity (Wildman–Crippen MR) is 74.1 cm³/mol. The fourth-order valence-corrected chi connectivity index (χ4v) is 2.30. The van der Waals surface area contributed by atoms with Crippen LogP contribution >= 0.6 is 0 Å². The molecule has 0 spiro atoms. The minimum atomic E-state index is -0.238. The van der Waals surface area contributed by atoms with Crippen molar-refractivity contribution >= 4 is 5.91 Å². The Hall–Kier alpha value is -1.90. The van der Waals surface area contributed by atoms with E-state index < -0.39 is 0 Å². The lowest BCUT2D eigenvalue weighted by molar-refractivity contribution is 0.0268. The summed E-state index contributed by atoms with van der Waals surface area (Å²) in [5, 5.41) is 8.77. The Morgan fingerprint density at radius 3 is 3.25 bits per heavy atom. The summed E-state index contributed by atoms with van der Waals surface area (Å²) in [5.74, 6) is 5.26. The zero-order chi connectivity index (χ0) is 14.4. The van der Waals surface area contributed by atoms with E-state index >= 15 is 0 Å². The van der Waals surface area contributed by atoms with Crippen LogP contribution in [0.15, 0.2) is 18.5 Å². The van der Waals surface area contributed by atoms with E-state index in [0.717, 1.165) is 19.4 Å². The quantitative estimate of drug-likeness (QED) is 0.805. The van der Waals surface area contributed by atoms with E-state index in [2.05, 4.69) is 16.8 Å². The van der Waals surface area contributed by atoms with Gasteiger partial charge in [-0.05, 0) is 18.9 Å². The minimum Gasteiger partial charge on any atom is -0.384 e. The maximum Gasteiger partial charge on any atom is 0.255 e. The smallest absolute Gasteiger partial charge is 0.255 e. The van der Waals surface area contributed by atoms with Crippen molar-refractivity contribution in [2.24, 2.45) is 0 Å². The molecule has 1 unspecified atom stereocenters. The number of methoxy groups -OCH3 is 1. The van der Waals surface area contributed by atoms with E-state index in [9.17, 15) is 4.79 Å². The van der Waals surface area contributed by atoms with Gasteiger partial charge in [-0.25, -0.2) is 0 Å². The highest BCUT2D eigenvalue weighted by molar-refractivity contribution is 5.96. The number of amides is 1. The van der Waals surface area contributed by atoms with Crippen molar-refractivity contribution in [2.45, 2.75) is 18.9 Å². The number of hydrogen-bond acceptors (Lipinski definition) is 4. The largest absolute Gasteiger partial charge is 0.384 e. The standard InChI is InChI=1S/C15H18N2O3/c1-20-13-5-2-8-17(11-13)15(19)14-6-7-16-10-12(14)4-3-9-18/h6-7,10,13,18H,2,5,8-9,11H2,1H3. The first kappa shape index (κ1) is 14.5. The lowest BCUT2D eigenvalue weighted by Gasteiger charge is -2.32. The normalized spacial score (nSPS) is 18.3. The third-order valence-electron chi connectivity index (χ3n) is 3.35. The number of carbonyl (C=O) groups is 1. The summed E-state index contributed by atoms with van der Waals surface area (Å²) < 4.78 is 5.34. The van der Waals surface area contributed by atoms with Gasteiger partial charge in [0.1, 0.15) is 6.61 Å². The number of aromatic nitrogens is 1. The van der Waals surface area contributed by atoms with Crippen molar-refractivity contribution in [1.82, 2.24) is 9.88 Å². The van der Waals surface area contributed by atoms with Crippen LogP contribution in [0.25, 0.3) is 0 Å². The average molecular weight is 274 g/mol. The number of aliphatic hydroxyl groups is 1. The molecular weight excluding hydrogens is 256 g/mol. The van der Waals surface area contributed by atoms with Crippen LogP contribution in [0.1, 0.15) is 28.8 Å². The molecule has 1 aliphatic rings. The van der Waals surface area contributed by atoms with Crippen molar-refractivity contribution in [3.8, 4) is 11.8 Å². The molecule has 0 bridgehead atoms. The Morgan fingerprint density at radius 2 is 2.50 bits per heavy atom. The van der Waals surface area contributed by atoms with Crippen molar-refractivity contribution in [3.05, 3.63) is 29.6 Å².